The van der Waals surface area contributed by atoms with Crippen molar-refractivity contribution in [1.29, 1.82) is 0 Å². The lowest BCUT2D eigenvalue weighted by atomic mass is 10.2. The first-order chi connectivity index (χ1) is 9.88. The third-order valence-corrected chi connectivity index (χ3v) is 5.61. The van der Waals surface area contributed by atoms with Crippen LogP contribution in [0.2, 0.25) is 0 Å². The number of methoxy groups -OCH3 is 1. The topological polar surface area (TPSA) is 39.9 Å². The van der Waals surface area contributed by atoms with E-state index >= 15 is 0 Å². The van der Waals surface area contributed by atoms with E-state index in [0.29, 0.717) is 5.25 Å². The van der Waals surface area contributed by atoms with Crippen LogP contribution in [0.5, 0.6) is 0 Å². The van der Waals surface area contributed by atoms with Crippen LogP contribution in [-0.4, -0.2) is 45.2 Å². The van der Waals surface area contributed by atoms with Gasteiger partial charge in [0.2, 0.25) is 0 Å². The molecule has 6 heteroatoms. The van der Waals surface area contributed by atoms with E-state index in [1.807, 2.05) is 41.7 Å². The Balaban J connectivity index is 1.65. The van der Waals surface area contributed by atoms with Gasteiger partial charge in [0, 0.05) is 36.0 Å². The first kappa shape index (κ1) is 14.0. The second kappa shape index (κ2) is 6.65. The van der Waals surface area contributed by atoms with E-state index in [2.05, 4.69) is 26.9 Å². The van der Waals surface area contributed by atoms with Crippen molar-refractivity contribution in [2.24, 2.45) is 0 Å². The molecular formula is C14H17N3OS2. The highest BCUT2D eigenvalue weighted by Crippen LogP contribution is 2.35. The molecule has 0 N–H and O–H groups in total. The summed E-state index contributed by atoms with van der Waals surface area (Å²) in [6.45, 7) is 1.82. The molecule has 0 fully saturated rings. The predicted molar refractivity (Wildman–Crippen MR) is 84.3 cm³/mol. The first-order valence-electron chi connectivity index (χ1n) is 6.60. The smallest absolute Gasteiger partial charge is 0.191 e. The summed E-state index contributed by atoms with van der Waals surface area (Å²) in [6.07, 6.45) is 0. The average Bonchev–Trinajstić information content (AvgIpc) is 3.04. The number of fused-ring (bicyclic) bond motifs is 1. The summed E-state index contributed by atoms with van der Waals surface area (Å²) < 4.78 is 7.31. The molecule has 3 rings (SSSR count). The lowest BCUT2D eigenvalue weighted by Gasteiger charge is -2.08. The molecule has 4 nitrogen and oxygen atoms in total. The summed E-state index contributed by atoms with van der Waals surface area (Å²) in [5, 5.41) is 10.3. The van der Waals surface area contributed by atoms with Crippen molar-refractivity contribution in [3.8, 4) is 11.4 Å². The van der Waals surface area contributed by atoms with E-state index in [-0.39, 0.29) is 0 Å². The Kier molecular flexibility index (Phi) is 4.65. The summed E-state index contributed by atoms with van der Waals surface area (Å²) in [7, 11) is 1.75. The van der Waals surface area contributed by atoms with Crippen molar-refractivity contribution in [2.75, 3.05) is 25.2 Å². The minimum atomic E-state index is 0.588. The molecule has 1 aliphatic rings. The molecule has 0 radical (unpaired) electrons. The van der Waals surface area contributed by atoms with Crippen molar-refractivity contribution in [2.45, 2.75) is 17.0 Å². The van der Waals surface area contributed by atoms with Crippen LogP contribution in [0.25, 0.3) is 11.4 Å². The Morgan fingerprint density at radius 3 is 3.00 bits per heavy atom. The molecule has 0 aliphatic carbocycles. The fraction of sp³-hybridized carbons (Fsp3) is 0.429. The van der Waals surface area contributed by atoms with Gasteiger partial charge in [-0.05, 0) is 0 Å². The van der Waals surface area contributed by atoms with E-state index in [0.717, 1.165) is 41.2 Å². The fourth-order valence-electron chi connectivity index (χ4n) is 2.17. The van der Waals surface area contributed by atoms with Gasteiger partial charge in [-0.3, -0.25) is 0 Å². The molecule has 2 aromatic rings. The third kappa shape index (κ3) is 3.02. The number of thioether (sulfide) groups is 2. The molecule has 0 amide bonds. The highest BCUT2D eigenvalue weighted by Gasteiger charge is 2.27. The molecule has 106 valence electrons. The number of ether oxygens (including phenoxy) is 1. The van der Waals surface area contributed by atoms with Gasteiger partial charge in [0.25, 0.3) is 0 Å². The zero-order valence-electron chi connectivity index (χ0n) is 11.4. The normalized spacial score (nSPS) is 17.4. The van der Waals surface area contributed by atoms with Crippen LogP contribution in [0.4, 0.5) is 0 Å². The lowest BCUT2D eigenvalue weighted by Crippen LogP contribution is -2.10. The summed E-state index contributed by atoms with van der Waals surface area (Å²) in [6, 6.07) is 10.3. The number of nitrogens with zero attached hydrogens (tertiary/aromatic N) is 3. The second-order valence-corrected chi connectivity index (χ2v) is 7.01. The van der Waals surface area contributed by atoms with Gasteiger partial charge in [-0.2, -0.15) is 11.8 Å². The van der Waals surface area contributed by atoms with Gasteiger partial charge in [-0.25, -0.2) is 0 Å². The fourth-order valence-corrected chi connectivity index (χ4v) is 4.45. The molecular weight excluding hydrogens is 290 g/mol. The molecule has 1 aliphatic heterocycles. The minimum Gasteiger partial charge on any atom is -0.384 e. The molecule has 1 aromatic heterocycles. The maximum absolute atomic E-state index is 5.08. The summed E-state index contributed by atoms with van der Waals surface area (Å²) in [5.41, 5.74) is 1.14. The van der Waals surface area contributed by atoms with Crippen LogP contribution in [0, 0.1) is 0 Å². The molecule has 0 bridgehead atoms. The molecule has 0 saturated heterocycles. The minimum absolute atomic E-state index is 0.588. The summed E-state index contributed by atoms with van der Waals surface area (Å²) >= 11 is 3.78. The van der Waals surface area contributed by atoms with Gasteiger partial charge in [-0.15, -0.1) is 10.2 Å². The quantitative estimate of drug-likeness (QED) is 0.768. The van der Waals surface area contributed by atoms with Crippen LogP contribution in [-0.2, 0) is 11.3 Å². The monoisotopic (exact) mass is 307 g/mol. The zero-order chi connectivity index (χ0) is 13.8. The Morgan fingerprint density at radius 1 is 1.35 bits per heavy atom. The van der Waals surface area contributed by atoms with E-state index in [4.69, 9.17) is 4.74 Å². The van der Waals surface area contributed by atoms with Crippen LogP contribution in [0.15, 0.2) is 35.5 Å². The molecule has 1 unspecified atom stereocenters. The zero-order valence-corrected chi connectivity index (χ0v) is 13.0. The SMILES string of the molecule is COCCSCC1Cn2c(nnc2-c2ccccc2)S1. The van der Waals surface area contributed by atoms with Gasteiger partial charge >= 0.3 is 0 Å². The second-order valence-electron chi connectivity index (χ2n) is 4.59. The Bertz CT molecular complexity index is 559. The van der Waals surface area contributed by atoms with Crippen LogP contribution < -0.4 is 0 Å². The number of hydrogen-bond donors (Lipinski definition) is 0. The Morgan fingerprint density at radius 2 is 2.20 bits per heavy atom. The van der Waals surface area contributed by atoms with Crippen molar-refractivity contribution in [3.63, 3.8) is 0 Å². The number of aromatic nitrogens is 3. The van der Waals surface area contributed by atoms with Gasteiger partial charge < -0.3 is 9.30 Å². The molecule has 0 spiro atoms. The number of hydrogen-bond acceptors (Lipinski definition) is 5. The van der Waals surface area contributed by atoms with Crippen molar-refractivity contribution >= 4 is 23.5 Å². The highest BCUT2D eigenvalue weighted by atomic mass is 32.2. The molecule has 1 aromatic carbocycles. The van der Waals surface area contributed by atoms with Crippen molar-refractivity contribution in [3.05, 3.63) is 30.3 Å². The molecule has 1 atom stereocenters. The maximum Gasteiger partial charge on any atom is 0.191 e. The van der Waals surface area contributed by atoms with Crippen LogP contribution >= 0.6 is 23.5 Å². The molecule has 20 heavy (non-hydrogen) atoms. The van der Waals surface area contributed by atoms with Gasteiger partial charge in [0.1, 0.15) is 0 Å². The highest BCUT2D eigenvalue weighted by molar-refractivity contribution is 8.03. The Hall–Kier alpha value is -0.980. The van der Waals surface area contributed by atoms with E-state index < -0.39 is 0 Å². The van der Waals surface area contributed by atoms with E-state index in [1.165, 1.54) is 0 Å². The van der Waals surface area contributed by atoms with Crippen molar-refractivity contribution < 1.29 is 4.74 Å². The summed E-state index contributed by atoms with van der Waals surface area (Å²) in [4.78, 5) is 0. The molecule has 0 saturated carbocycles. The predicted octanol–water partition coefficient (Wildman–Crippen LogP) is 2.80. The number of benzene rings is 1. The van der Waals surface area contributed by atoms with E-state index in [1.54, 1.807) is 7.11 Å². The van der Waals surface area contributed by atoms with Crippen LogP contribution in [0.3, 0.4) is 0 Å². The lowest BCUT2D eigenvalue weighted by molar-refractivity contribution is 0.218. The Labute approximate surface area is 127 Å². The van der Waals surface area contributed by atoms with Gasteiger partial charge in [0.15, 0.2) is 11.0 Å². The average molecular weight is 307 g/mol. The van der Waals surface area contributed by atoms with Gasteiger partial charge in [-0.1, -0.05) is 42.1 Å². The number of rotatable bonds is 6. The largest absolute Gasteiger partial charge is 0.384 e. The third-order valence-electron chi connectivity index (χ3n) is 3.14. The van der Waals surface area contributed by atoms with Gasteiger partial charge in [0.05, 0.1) is 6.61 Å². The van der Waals surface area contributed by atoms with Crippen molar-refractivity contribution in [1.82, 2.24) is 14.8 Å². The standard InChI is InChI=1S/C14H17N3OS2/c1-18-7-8-19-10-12-9-17-13(15-16-14(17)20-12)11-5-3-2-4-6-11/h2-6,12H,7-10H2,1H3. The first-order valence-corrected chi connectivity index (χ1v) is 8.64. The maximum atomic E-state index is 5.08. The molecule has 2 heterocycles. The van der Waals surface area contributed by atoms with Crippen LogP contribution in [0.1, 0.15) is 0 Å². The van der Waals surface area contributed by atoms with E-state index in [9.17, 15) is 0 Å². The summed E-state index contributed by atoms with van der Waals surface area (Å²) in [5.74, 6) is 3.17.